The predicted octanol–water partition coefficient (Wildman–Crippen LogP) is 4.40. The summed E-state index contributed by atoms with van der Waals surface area (Å²) in [5.74, 6) is 0.412. The number of anilines is 2. The Morgan fingerprint density at radius 2 is 1.69 bits per heavy atom. The van der Waals surface area contributed by atoms with Gasteiger partial charge in [0.1, 0.15) is 5.82 Å². The van der Waals surface area contributed by atoms with Crippen molar-refractivity contribution in [1.82, 2.24) is 9.55 Å². The average molecular weight is 384 g/mol. The van der Waals surface area contributed by atoms with Gasteiger partial charge in [0.05, 0.1) is 12.1 Å². The Bertz CT molecular complexity index is 1230. The first-order valence-electron chi connectivity index (χ1n) is 9.28. The SMILES string of the molecule is Cc1cccc(NC(=O)Nc2c3ccccc3nc(=O)n2Cc2ccccc2)c1. The van der Waals surface area contributed by atoms with E-state index in [-0.39, 0.29) is 0 Å². The first-order valence-corrected chi connectivity index (χ1v) is 9.28. The number of amides is 2. The van der Waals surface area contributed by atoms with Crippen LogP contribution in [-0.2, 0) is 6.54 Å². The molecule has 0 aliphatic rings. The largest absolute Gasteiger partial charge is 0.350 e. The van der Waals surface area contributed by atoms with E-state index in [1.807, 2.05) is 79.7 Å². The van der Waals surface area contributed by atoms with Crippen molar-refractivity contribution in [1.29, 1.82) is 0 Å². The Labute approximate surface area is 167 Å². The van der Waals surface area contributed by atoms with Gasteiger partial charge in [-0.05, 0) is 42.3 Å². The number of urea groups is 1. The Hall–Kier alpha value is -3.93. The van der Waals surface area contributed by atoms with E-state index < -0.39 is 11.7 Å². The van der Waals surface area contributed by atoms with Crippen LogP contribution >= 0.6 is 0 Å². The van der Waals surface area contributed by atoms with Gasteiger partial charge in [0, 0.05) is 11.1 Å². The molecule has 2 N–H and O–H groups in total. The van der Waals surface area contributed by atoms with E-state index in [0.717, 1.165) is 11.1 Å². The third-order valence-corrected chi connectivity index (χ3v) is 4.57. The number of carbonyl (C=O) groups is 1. The summed E-state index contributed by atoms with van der Waals surface area (Å²) in [6.07, 6.45) is 0. The van der Waals surface area contributed by atoms with Crippen LogP contribution in [0.2, 0.25) is 0 Å². The van der Waals surface area contributed by atoms with Crippen LogP contribution in [-0.4, -0.2) is 15.6 Å². The Morgan fingerprint density at radius 1 is 0.931 bits per heavy atom. The highest BCUT2D eigenvalue weighted by molar-refractivity contribution is 6.04. The van der Waals surface area contributed by atoms with E-state index in [2.05, 4.69) is 15.6 Å². The van der Waals surface area contributed by atoms with Crippen molar-refractivity contribution in [3.05, 3.63) is 100 Å². The Kier molecular flexibility index (Phi) is 5.07. The summed E-state index contributed by atoms with van der Waals surface area (Å²) in [6.45, 7) is 2.26. The number of carbonyl (C=O) groups excluding carboxylic acids is 1. The molecule has 0 fully saturated rings. The normalized spacial score (nSPS) is 10.7. The van der Waals surface area contributed by atoms with E-state index in [4.69, 9.17) is 0 Å². The van der Waals surface area contributed by atoms with Crippen LogP contribution < -0.4 is 16.3 Å². The van der Waals surface area contributed by atoms with E-state index in [1.54, 1.807) is 6.07 Å². The summed E-state index contributed by atoms with van der Waals surface area (Å²) in [5.41, 5.74) is 2.77. The molecule has 4 rings (SSSR count). The molecule has 0 radical (unpaired) electrons. The minimum Gasteiger partial charge on any atom is -0.308 e. The number of rotatable bonds is 4. The van der Waals surface area contributed by atoms with Crippen molar-refractivity contribution in [2.45, 2.75) is 13.5 Å². The number of nitrogens with one attached hydrogen (secondary N) is 2. The number of para-hydroxylation sites is 1. The van der Waals surface area contributed by atoms with Gasteiger partial charge in [-0.3, -0.25) is 9.88 Å². The van der Waals surface area contributed by atoms with Gasteiger partial charge in [0.15, 0.2) is 0 Å². The lowest BCUT2D eigenvalue weighted by molar-refractivity contribution is 0.262. The van der Waals surface area contributed by atoms with Gasteiger partial charge in [-0.1, -0.05) is 54.6 Å². The predicted molar refractivity (Wildman–Crippen MR) is 115 cm³/mol. The van der Waals surface area contributed by atoms with Crippen LogP contribution in [0.4, 0.5) is 16.3 Å². The van der Waals surface area contributed by atoms with E-state index in [0.29, 0.717) is 29.0 Å². The van der Waals surface area contributed by atoms with E-state index in [9.17, 15) is 9.59 Å². The minimum absolute atomic E-state index is 0.303. The summed E-state index contributed by atoms with van der Waals surface area (Å²) < 4.78 is 1.48. The molecular formula is C23H20N4O2. The van der Waals surface area contributed by atoms with Crippen LogP contribution in [0.5, 0.6) is 0 Å². The Morgan fingerprint density at radius 3 is 2.48 bits per heavy atom. The highest BCUT2D eigenvalue weighted by atomic mass is 16.2. The van der Waals surface area contributed by atoms with Crippen molar-refractivity contribution in [3.63, 3.8) is 0 Å². The lowest BCUT2D eigenvalue weighted by Crippen LogP contribution is -2.30. The van der Waals surface area contributed by atoms with E-state index in [1.165, 1.54) is 4.57 Å². The molecule has 3 aromatic carbocycles. The number of hydrogen-bond acceptors (Lipinski definition) is 3. The van der Waals surface area contributed by atoms with Crippen molar-refractivity contribution in [2.75, 3.05) is 10.6 Å². The van der Waals surface area contributed by atoms with Gasteiger partial charge < -0.3 is 5.32 Å². The molecule has 2 amide bonds. The maximum absolute atomic E-state index is 12.7. The van der Waals surface area contributed by atoms with Gasteiger partial charge in [-0.25, -0.2) is 9.59 Å². The number of aryl methyl sites for hydroxylation is 1. The fourth-order valence-corrected chi connectivity index (χ4v) is 3.22. The standard InChI is InChI=1S/C23H20N4O2/c1-16-8-7-11-18(14-16)24-22(28)26-21-19-12-5-6-13-20(19)25-23(29)27(21)15-17-9-3-2-4-10-17/h2-14H,15H2,1H3,(H2,24,26,28). The molecule has 0 unspecified atom stereocenters. The first-order chi connectivity index (χ1) is 14.1. The summed E-state index contributed by atoms with van der Waals surface area (Å²) in [4.78, 5) is 29.6. The molecule has 0 saturated heterocycles. The summed E-state index contributed by atoms with van der Waals surface area (Å²) >= 11 is 0. The average Bonchev–Trinajstić information content (AvgIpc) is 2.71. The van der Waals surface area contributed by atoms with Crippen LogP contribution in [0, 0.1) is 6.92 Å². The van der Waals surface area contributed by atoms with Gasteiger partial charge in [-0.2, -0.15) is 4.98 Å². The molecule has 29 heavy (non-hydrogen) atoms. The van der Waals surface area contributed by atoms with Crippen molar-refractivity contribution < 1.29 is 4.79 Å². The molecule has 0 bridgehead atoms. The highest BCUT2D eigenvalue weighted by Gasteiger charge is 2.14. The zero-order valence-electron chi connectivity index (χ0n) is 15.9. The second-order valence-corrected chi connectivity index (χ2v) is 6.78. The van der Waals surface area contributed by atoms with Gasteiger partial charge in [-0.15, -0.1) is 0 Å². The molecule has 1 heterocycles. The first kappa shape index (κ1) is 18.4. The third kappa shape index (κ3) is 4.16. The highest BCUT2D eigenvalue weighted by Crippen LogP contribution is 2.21. The van der Waals surface area contributed by atoms with Crippen LogP contribution in [0.25, 0.3) is 10.9 Å². The maximum atomic E-state index is 12.7. The van der Waals surface area contributed by atoms with E-state index >= 15 is 0 Å². The molecule has 1 aromatic heterocycles. The number of aromatic nitrogens is 2. The summed E-state index contributed by atoms with van der Waals surface area (Å²) in [6, 6.07) is 23.9. The quantitative estimate of drug-likeness (QED) is 0.548. The minimum atomic E-state index is -0.423. The van der Waals surface area contributed by atoms with Gasteiger partial charge in [0.2, 0.25) is 0 Å². The fourth-order valence-electron chi connectivity index (χ4n) is 3.22. The Balaban J connectivity index is 1.73. The molecule has 6 nitrogen and oxygen atoms in total. The number of benzene rings is 3. The van der Waals surface area contributed by atoms with Gasteiger partial charge >= 0.3 is 11.7 Å². The monoisotopic (exact) mass is 384 g/mol. The molecule has 0 aliphatic heterocycles. The maximum Gasteiger partial charge on any atom is 0.350 e. The van der Waals surface area contributed by atoms with Crippen LogP contribution in [0.15, 0.2) is 83.7 Å². The molecule has 0 aliphatic carbocycles. The van der Waals surface area contributed by atoms with Crippen LogP contribution in [0.1, 0.15) is 11.1 Å². The number of hydrogen-bond donors (Lipinski definition) is 2. The smallest absolute Gasteiger partial charge is 0.308 e. The molecule has 4 aromatic rings. The third-order valence-electron chi connectivity index (χ3n) is 4.57. The van der Waals surface area contributed by atoms with Crippen molar-refractivity contribution >= 4 is 28.4 Å². The zero-order chi connectivity index (χ0) is 20.2. The molecule has 0 saturated carbocycles. The van der Waals surface area contributed by atoms with Crippen molar-refractivity contribution in [3.8, 4) is 0 Å². The zero-order valence-corrected chi connectivity index (χ0v) is 15.9. The summed E-state index contributed by atoms with van der Waals surface area (Å²) in [7, 11) is 0. The molecule has 144 valence electrons. The molecule has 6 heteroatoms. The van der Waals surface area contributed by atoms with Gasteiger partial charge in [0.25, 0.3) is 0 Å². The second kappa shape index (κ2) is 7.98. The number of nitrogens with zero attached hydrogens (tertiary/aromatic N) is 2. The van der Waals surface area contributed by atoms with Crippen LogP contribution in [0.3, 0.4) is 0 Å². The molecule has 0 atom stereocenters. The molecular weight excluding hydrogens is 364 g/mol. The molecule has 0 spiro atoms. The van der Waals surface area contributed by atoms with Crippen molar-refractivity contribution in [2.24, 2.45) is 0 Å². The lowest BCUT2D eigenvalue weighted by Gasteiger charge is -2.16. The fraction of sp³-hybridized carbons (Fsp3) is 0.0870. The lowest BCUT2D eigenvalue weighted by atomic mass is 10.2. The second-order valence-electron chi connectivity index (χ2n) is 6.78. The summed E-state index contributed by atoms with van der Waals surface area (Å²) in [5, 5.41) is 6.37. The number of fused-ring (bicyclic) bond motifs is 1. The topological polar surface area (TPSA) is 76.0 Å².